The van der Waals surface area contributed by atoms with Gasteiger partial charge in [-0.1, -0.05) is 12.8 Å². The van der Waals surface area contributed by atoms with Gasteiger partial charge < -0.3 is 19.7 Å². The van der Waals surface area contributed by atoms with Crippen LogP contribution in [0, 0.1) is 5.41 Å². The average molecular weight is 340 g/mol. The Bertz CT molecular complexity index is 474. The van der Waals surface area contributed by atoms with Gasteiger partial charge in [0.2, 0.25) is 5.91 Å². The minimum atomic E-state index is -0.577. The zero-order chi connectivity index (χ0) is 18.0. The Hall–Kier alpha value is -1.30. The molecular weight excluding hydrogens is 308 g/mol. The lowest BCUT2D eigenvalue weighted by atomic mass is 9.70. The summed E-state index contributed by atoms with van der Waals surface area (Å²) in [6.07, 6.45) is 3.24. The molecule has 2 amide bonds. The molecule has 6 nitrogen and oxygen atoms in total. The van der Waals surface area contributed by atoms with Crippen LogP contribution in [-0.4, -0.2) is 54.3 Å². The minimum absolute atomic E-state index is 0.0622. The van der Waals surface area contributed by atoms with E-state index in [2.05, 4.69) is 5.32 Å². The number of rotatable bonds is 2. The Morgan fingerprint density at radius 2 is 2.00 bits per heavy atom. The van der Waals surface area contributed by atoms with E-state index in [-0.39, 0.29) is 18.1 Å². The first-order valence-electron chi connectivity index (χ1n) is 9.02. The van der Waals surface area contributed by atoms with Gasteiger partial charge in [-0.3, -0.25) is 4.79 Å². The second-order valence-electron chi connectivity index (χ2n) is 8.29. The molecule has 2 aliphatic rings. The van der Waals surface area contributed by atoms with Gasteiger partial charge in [-0.05, 0) is 47.5 Å². The first kappa shape index (κ1) is 19.0. The lowest BCUT2D eigenvalue weighted by Gasteiger charge is -2.44. The Balaban J connectivity index is 2.08. The molecule has 6 heteroatoms. The number of morpholine rings is 1. The summed E-state index contributed by atoms with van der Waals surface area (Å²) in [6, 6.07) is -0.188. The number of hydrogen-bond acceptors (Lipinski definition) is 4. The number of nitrogens with one attached hydrogen (secondary N) is 1. The van der Waals surface area contributed by atoms with E-state index < -0.39 is 17.1 Å². The Morgan fingerprint density at radius 3 is 2.62 bits per heavy atom. The molecule has 0 spiro atoms. The summed E-state index contributed by atoms with van der Waals surface area (Å²) in [5.74, 6) is 0.124. The van der Waals surface area contributed by atoms with E-state index in [4.69, 9.17) is 9.47 Å². The van der Waals surface area contributed by atoms with Crippen LogP contribution in [0.15, 0.2) is 0 Å². The second kappa shape index (κ2) is 7.30. The third kappa shape index (κ3) is 4.62. The summed E-state index contributed by atoms with van der Waals surface area (Å²) >= 11 is 0. The minimum Gasteiger partial charge on any atom is -0.444 e. The molecule has 1 aliphatic heterocycles. The number of ether oxygens (including phenoxy) is 2. The molecule has 24 heavy (non-hydrogen) atoms. The highest BCUT2D eigenvalue weighted by atomic mass is 16.6. The van der Waals surface area contributed by atoms with Crippen LogP contribution in [0.5, 0.6) is 0 Å². The molecule has 0 aromatic rings. The van der Waals surface area contributed by atoms with Crippen LogP contribution in [0.3, 0.4) is 0 Å². The number of carbonyl (C=O) groups is 2. The van der Waals surface area contributed by atoms with Crippen molar-refractivity contribution >= 4 is 12.0 Å². The van der Waals surface area contributed by atoms with E-state index >= 15 is 0 Å². The first-order valence-corrected chi connectivity index (χ1v) is 9.02. The smallest absolute Gasteiger partial charge is 0.407 e. The van der Waals surface area contributed by atoms with Gasteiger partial charge in [0.25, 0.3) is 0 Å². The summed E-state index contributed by atoms with van der Waals surface area (Å²) in [5, 5.41) is 2.96. The topological polar surface area (TPSA) is 67.9 Å². The van der Waals surface area contributed by atoms with Crippen molar-refractivity contribution in [3.63, 3.8) is 0 Å². The molecule has 2 rings (SSSR count). The molecule has 1 saturated carbocycles. The molecule has 0 bridgehead atoms. The molecule has 0 aromatic heterocycles. The Labute approximate surface area is 145 Å². The van der Waals surface area contributed by atoms with Crippen molar-refractivity contribution < 1.29 is 19.1 Å². The van der Waals surface area contributed by atoms with Crippen LogP contribution >= 0.6 is 0 Å². The highest BCUT2D eigenvalue weighted by molar-refractivity contribution is 5.84. The summed E-state index contributed by atoms with van der Waals surface area (Å²) in [6.45, 7) is 11.3. The van der Waals surface area contributed by atoms with Gasteiger partial charge in [0.15, 0.2) is 0 Å². The van der Waals surface area contributed by atoms with Crippen molar-refractivity contribution in [3.8, 4) is 0 Å². The highest BCUT2D eigenvalue weighted by Crippen LogP contribution is 2.38. The van der Waals surface area contributed by atoms with Gasteiger partial charge in [0, 0.05) is 19.1 Å². The molecule has 138 valence electrons. The maximum atomic E-state index is 13.2. The third-order valence-corrected chi connectivity index (χ3v) is 4.92. The lowest BCUT2D eigenvalue weighted by molar-refractivity contribution is -0.151. The van der Waals surface area contributed by atoms with Gasteiger partial charge in [-0.15, -0.1) is 0 Å². The van der Waals surface area contributed by atoms with Gasteiger partial charge in [0.05, 0.1) is 18.1 Å². The first-order chi connectivity index (χ1) is 11.1. The Morgan fingerprint density at radius 1 is 1.29 bits per heavy atom. The predicted molar refractivity (Wildman–Crippen MR) is 91.7 cm³/mol. The molecule has 1 aliphatic carbocycles. The van der Waals surface area contributed by atoms with Crippen LogP contribution in [0.25, 0.3) is 0 Å². The fourth-order valence-electron chi connectivity index (χ4n) is 3.63. The van der Waals surface area contributed by atoms with Crippen molar-refractivity contribution in [2.45, 2.75) is 78.0 Å². The van der Waals surface area contributed by atoms with Crippen LogP contribution in [0.4, 0.5) is 4.79 Å². The molecular formula is C18H32N2O4. The third-order valence-electron chi connectivity index (χ3n) is 4.92. The summed E-state index contributed by atoms with van der Waals surface area (Å²) in [5.41, 5.74) is -1.12. The van der Waals surface area contributed by atoms with Crippen molar-refractivity contribution in [1.29, 1.82) is 0 Å². The number of hydrogen-bond donors (Lipinski definition) is 1. The van der Waals surface area contributed by atoms with E-state index in [0.29, 0.717) is 19.7 Å². The monoisotopic (exact) mass is 340 g/mol. The van der Waals surface area contributed by atoms with E-state index in [9.17, 15) is 9.59 Å². The van der Waals surface area contributed by atoms with Crippen LogP contribution in [-0.2, 0) is 14.3 Å². The molecule has 1 N–H and O–H groups in total. The van der Waals surface area contributed by atoms with Crippen LogP contribution in [0.1, 0.15) is 60.3 Å². The van der Waals surface area contributed by atoms with Crippen LogP contribution < -0.4 is 5.32 Å². The normalized spacial score (nSPS) is 31.5. The van der Waals surface area contributed by atoms with Gasteiger partial charge >= 0.3 is 6.09 Å². The van der Waals surface area contributed by atoms with Crippen molar-refractivity contribution in [1.82, 2.24) is 10.2 Å². The lowest BCUT2D eigenvalue weighted by Crippen LogP contribution is -2.59. The molecule has 0 unspecified atom stereocenters. The molecule has 0 radical (unpaired) electrons. The maximum Gasteiger partial charge on any atom is 0.407 e. The maximum absolute atomic E-state index is 13.2. The van der Waals surface area contributed by atoms with E-state index in [1.165, 1.54) is 0 Å². The zero-order valence-corrected chi connectivity index (χ0v) is 15.7. The standard InChI is InChI=1S/C18H32N2O4/c1-13-12-20(10-11-23-13)15(21)18(5)9-7-6-8-14(18)19-16(22)24-17(2,3)4/h13-14H,6-12H2,1-5H3,(H,19,22)/t13-,14-,18+/m1/s1. The number of carbonyl (C=O) groups excluding carboxylic acids is 2. The number of nitrogens with zero attached hydrogens (tertiary/aromatic N) is 1. The largest absolute Gasteiger partial charge is 0.444 e. The van der Waals surface area contributed by atoms with E-state index in [1.54, 1.807) is 0 Å². The molecule has 2 fully saturated rings. The van der Waals surface area contributed by atoms with Crippen LogP contribution in [0.2, 0.25) is 0 Å². The molecule has 3 atom stereocenters. The van der Waals surface area contributed by atoms with Gasteiger partial charge in [-0.2, -0.15) is 0 Å². The molecule has 1 saturated heterocycles. The number of alkyl carbamates (subject to hydrolysis) is 1. The Kier molecular flexibility index (Phi) is 5.78. The van der Waals surface area contributed by atoms with Crippen molar-refractivity contribution in [2.24, 2.45) is 5.41 Å². The van der Waals surface area contributed by atoms with Crippen molar-refractivity contribution in [2.75, 3.05) is 19.7 Å². The fourth-order valence-corrected chi connectivity index (χ4v) is 3.63. The van der Waals surface area contributed by atoms with E-state index in [1.807, 2.05) is 39.5 Å². The summed E-state index contributed by atoms with van der Waals surface area (Å²) in [7, 11) is 0. The number of amides is 2. The van der Waals surface area contributed by atoms with Gasteiger partial charge in [-0.25, -0.2) is 4.79 Å². The molecule has 0 aromatic carbocycles. The quantitative estimate of drug-likeness (QED) is 0.839. The van der Waals surface area contributed by atoms with Gasteiger partial charge in [0.1, 0.15) is 5.60 Å². The second-order valence-corrected chi connectivity index (χ2v) is 8.29. The van der Waals surface area contributed by atoms with E-state index in [0.717, 1.165) is 25.7 Å². The van der Waals surface area contributed by atoms with Crippen molar-refractivity contribution in [3.05, 3.63) is 0 Å². The predicted octanol–water partition coefficient (Wildman–Crippen LogP) is 2.71. The fraction of sp³-hybridized carbons (Fsp3) is 0.889. The zero-order valence-electron chi connectivity index (χ0n) is 15.7. The highest BCUT2D eigenvalue weighted by Gasteiger charge is 2.46. The summed E-state index contributed by atoms with van der Waals surface area (Å²) in [4.78, 5) is 27.3. The summed E-state index contributed by atoms with van der Waals surface area (Å²) < 4.78 is 10.9. The molecule has 1 heterocycles. The average Bonchev–Trinajstić information content (AvgIpc) is 2.47. The SMILES string of the molecule is C[C@@H]1CN(C(=O)[C@@]2(C)CCCC[C@H]2NC(=O)OC(C)(C)C)CCO1.